The Balaban J connectivity index is 1.98. The van der Waals surface area contributed by atoms with Gasteiger partial charge in [-0.15, -0.1) is 0 Å². The van der Waals surface area contributed by atoms with Gasteiger partial charge in [0.1, 0.15) is 5.82 Å². The maximum atomic E-state index is 11.8. The van der Waals surface area contributed by atoms with Crippen molar-refractivity contribution in [3.63, 3.8) is 0 Å². The molecule has 1 aromatic carbocycles. The second kappa shape index (κ2) is 6.40. The summed E-state index contributed by atoms with van der Waals surface area (Å²) >= 11 is 3.14. The van der Waals surface area contributed by atoms with Crippen LogP contribution >= 0.6 is 15.9 Å². The van der Waals surface area contributed by atoms with Gasteiger partial charge in [0.2, 0.25) is 0 Å². The minimum absolute atomic E-state index is 0.0805. The quantitative estimate of drug-likeness (QED) is 0.785. The third-order valence-corrected chi connectivity index (χ3v) is 3.47. The molecule has 0 atom stereocenters. The number of nitrogens with zero attached hydrogens (tertiary/aromatic N) is 2. The number of hydrogen-bond donors (Lipinski definition) is 3. The largest absolute Gasteiger partial charge is 0.478 e. The van der Waals surface area contributed by atoms with Crippen LogP contribution < -0.4 is 10.6 Å². The van der Waals surface area contributed by atoms with E-state index in [1.807, 2.05) is 7.05 Å². The van der Waals surface area contributed by atoms with Gasteiger partial charge in [-0.25, -0.2) is 14.6 Å². The molecule has 110 valence electrons. The number of imidazole rings is 1. The van der Waals surface area contributed by atoms with Gasteiger partial charge in [-0.05, 0) is 34.1 Å². The fourth-order valence-electron chi connectivity index (χ4n) is 1.67. The highest BCUT2D eigenvalue weighted by Gasteiger charge is 2.10. The van der Waals surface area contributed by atoms with Gasteiger partial charge < -0.3 is 20.3 Å². The Kier molecular flexibility index (Phi) is 4.59. The minimum atomic E-state index is -1.07. The number of rotatable bonds is 4. The smallest absolute Gasteiger partial charge is 0.336 e. The number of carboxylic acid groups (broad SMARTS) is 1. The number of halogens is 1. The summed E-state index contributed by atoms with van der Waals surface area (Å²) in [4.78, 5) is 26.9. The van der Waals surface area contributed by atoms with Crippen LogP contribution in [-0.4, -0.2) is 26.7 Å². The van der Waals surface area contributed by atoms with Crippen LogP contribution in [0.15, 0.2) is 35.1 Å². The van der Waals surface area contributed by atoms with E-state index in [2.05, 4.69) is 31.5 Å². The molecule has 8 heteroatoms. The first kappa shape index (κ1) is 15.0. The summed E-state index contributed by atoms with van der Waals surface area (Å²) in [6.07, 6.45) is 3.42. The molecule has 0 radical (unpaired) electrons. The number of anilines is 1. The number of nitrogens with one attached hydrogen (secondary N) is 2. The van der Waals surface area contributed by atoms with Crippen LogP contribution in [0.25, 0.3) is 0 Å². The molecule has 0 aliphatic carbocycles. The summed E-state index contributed by atoms with van der Waals surface area (Å²) in [5.41, 5.74) is 0.477. The fourth-order valence-corrected chi connectivity index (χ4v) is 2.08. The van der Waals surface area contributed by atoms with Gasteiger partial charge in [0.05, 0.1) is 12.1 Å². The predicted octanol–water partition coefficient (Wildman–Crippen LogP) is 2.20. The average molecular weight is 353 g/mol. The molecule has 7 nitrogen and oxygen atoms in total. The van der Waals surface area contributed by atoms with Crippen molar-refractivity contribution in [2.24, 2.45) is 7.05 Å². The Morgan fingerprint density at radius 3 is 2.81 bits per heavy atom. The molecular weight excluding hydrogens is 340 g/mol. The second-order valence-electron chi connectivity index (χ2n) is 4.26. The number of hydrogen-bond acceptors (Lipinski definition) is 3. The van der Waals surface area contributed by atoms with Crippen molar-refractivity contribution in [2.45, 2.75) is 6.54 Å². The number of aromatic nitrogens is 2. The molecule has 0 spiro atoms. The SMILES string of the molecule is Cn1ccnc1CNC(=O)Nc1ccc(Br)c(C(=O)O)c1. The van der Waals surface area contributed by atoms with Crippen molar-refractivity contribution in [2.75, 3.05) is 5.32 Å². The minimum Gasteiger partial charge on any atom is -0.478 e. The van der Waals surface area contributed by atoms with Crippen LogP contribution in [0.1, 0.15) is 16.2 Å². The van der Waals surface area contributed by atoms with Crippen LogP contribution in [0.3, 0.4) is 0 Å². The molecule has 0 unspecified atom stereocenters. The van der Waals surface area contributed by atoms with Crippen molar-refractivity contribution in [3.05, 3.63) is 46.5 Å². The number of urea groups is 1. The summed E-state index contributed by atoms with van der Waals surface area (Å²) in [6.45, 7) is 0.275. The van der Waals surface area contributed by atoms with Gasteiger partial charge in [0, 0.05) is 29.6 Å². The molecule has 2 aromatic rings. The zero-order valence-corrected chi connectivity index (χ0v) is 12.7. The van der Waals surface area contributed by atoms with E-state index >= 15 is 0 Å². The summed E-state index contributed by atoms with van der Waals surface area (Å²) in [7, 11) is 1.83. The van der Waals surface area contributed by atoms with Crippen LogP contribution in [0.5, 0.6) is 0 Å². The van der Waals surface area contributed by atoms with Gasteiger partial charge in [0.15, 0.2) is 0 Å². The number of carbonyl (C=O) groups excluding carboxylic acids is 1. The van der Waals surface area contributed by atoms with E-state index in [0.717, 1.165) is 0 Å². The van der Waals surface area contributed by atoms with E-state index < -0.39 is 12.0 Å². The topological polar surface area (TPSA) is 96.3 Å². The van der Waals surface area contributed by atoms with Crippen molar-refractivity contribution < 1.29 is 14.7 Å². The number of amides is 2. The lowest BCUT2D eigenvalue weighted by Gasteiger charge is -2.09. The zero-order chi connectivity index (χ0) is 15.4. The van der Waals surface area contributed by atoms with Gasteiger partial charge in [0.25, 0.3) is 0 Å². The number of aryl methyl sites for hydroxylation is 1. The predicted molar refractivity (Wildman–Crippen MR) is 80.2 cm³/mol. The van der Waals surface area contributed by atoms with E-state index in [1.165, 1.54) is 6.07 Å². The maximum Gasteiger partial charge on any atom is 0.336 e. The molecule has 2 rings (SSSR count). The van der Waals surface area contributed by atoms with Crippen LogP contribution in [0.2, 0.25) is 0 Å². The van der Waals surface area contributed by atoms with Crippen LogP contribution in [0.4, 0.5) is 10.5 Å². The van der Waals surface area contributed by atoms with Crippen molar-refractivity contribution >= 4 is 33.6 Å². The highest BCUT2D eigenvalue weighted by atomic mass is 79.9. The molecule has 1 heterocycles. The van der Waals surface area contributed by atoms with E-state index in [4.69, 9.17) is 5.11 Å². The number of carbonyl (C=O) groups is 2. The number of aromatic carboxylic acids is 1. The summed E-state index contributed by atoms with van der Waals surface area (Å²) < 4.78 is 2.25. The Bertz CT molecular complexity index is 684. The van der Waals surface area contributed by atoms with E-state index in [-0.39, 0.29) is 12.1 Å². The third kappa shape index (κ3) is 3.82. The summed E-state index contributed by atoms with van der Waals surface area (Å²) in [5, 5.41) is 14.2. The fraction of sp³-hybridized carbons (Fsp3) is 0.154. The van der Waals surface area contributed by atoms with E-state index in [9.17, 15) is 9.59 Å². The van der Waals surface area contributed by atoms with Crippen molar-refractivity contribution in [3.8, 4) is 0 Å². The van der Waals surface area contributed by atoms with Crippen molar-refractivity contribution in [1.82, 2.24) is 14.9 Å². The normalized spacial score (nSPS) is 10.2. The monoisotopic (exact) mass is 352 g/mol. The molecule has 0 aliphatic heterocycles. The molecule has 1 aromatic heterocycles. The average Bonchev–Trinajstić information content (AvgIpc) is 2.84. The highest BCUT2D eigenvalue weighted by Crippen LogP contribution is 2.21. The molecule has 21 heavy (non-hydrogen) atoms. The molecule has 3 N–H and O–H groups in total. The van der Waals surface area contributed by atoms with E-state index in [1.54, 1.807) is 29.1 Å². The molecule has 0 saturated heterocycles. The van der Waals surface area contributed by atoms with Crippen molar-refractivity contribution in [1.29, 1.82) is 0 Å². The van der Waals surface area contributed by atoms with Gasteiger partial charge >= 0.3 is 12.0 Å². The first-order valence-electron chi connectivity index (χ1n) is 6.01. The first-order chi connectivity index (χ1) is 9.97. The maximum absolute atomic E-state index is 11.8. The summed E-state index contributed by atoms with van der Waals surface area (Å²) in [5.74, 6) is -0.355. The van der Waals surface area contributed by atoms with Crippen LogP contribution in [-0.2, 0) is 13.6 Å². The number of benzene rings is 1. The Morgan fingerprint density at radius 2 is 2.19 bits per heavy atom. The highest BCUT2D eigenvalue weighted by molar-refractivity contribution is 9.10. The van der Waals surface area contributed by atoms with Gasteiger partial charge in [-0.2, -0.15) is 0 Å². The lowest BCUT2D eigenvalue weighted by molar-refractivity contribution is 0.0696. The third-order valence-electron chi connectivity index (χ3n) is 2.78. The lowest BCUT2D eigenvalue weighted by Crippen LogP contribution is -2.29. The van der Waals surface area contributed by atoms with Gasteiger partial charge in [-0.3, -0.25) is 0 Å². The first-order valence-corrected chi connectivity index (χ1v) is 6.80. The number of carboxylic acids is 1. The second-order valence-corrected chi connectivity index (χ2v) is 5.12. The molecule has 0 aliphatic rings. The van der Waals surface area contributed by atoms with Crippen LogP contribution in [0, 0.1) is 0 Å². The standard InChI is InChI=1S/C13H13BrN4O3/c1-18-5-4-15-11(18)7-16-13(21)17-8-2-3-10(14)9(6-8)12(19)20/h2-6H,7H2,1H3,(H,19,20)(H2,16,17,21). The Hall–Kier alpha value is -2.35. The van der Waals surface area contributed by atoms with E-state index in [0.29, 0.717) is 16.0 Å². The molecular formula is C13H13BrN4O3. The Morgan fingerprint density at radius 1 is 1.43 bits per heavy atom. The van der Waals surface area contributed by atoms with Gasteiger partial charge in [-0.1, -0.05) is 0 Å². The lowest BCUT2D eigenvalue weighted by atomic mass is 10.2. The Labute approximate surface area is 129 Å². The molecule has 0 fully saturated rings. The molecule has 2 amide bonds. The molecule has 0 bridgehead atoms. The zero-order valence-electron chi connectivity index (χ0n) is 11.1. The summed E-state index contributed by atoms with van der Waals surface area (Å²) in [6, 6.07) is 4.12. The molecule has 0 saturated carbocycles.